The third-order valence-electron chi connectivity index (χ3n) is 3.41. The molecule has 1 aromatic heterocycles. The molecule has 0 aliphatic rings. The molecule has 2 aromatic rings. The van der Waals surface area contributed by atoms with Gasteiger partial charge in [-0.05, 0) is 33.6 Å². The molecule has 6 heteroatoms. The second kappa shape index (κ2) is 6.20. The van der Waals surface area contributed by atoms with Crippen molar-refractivity contribution < 1.29 is 0 Å². The second-order valence-corrected chi connectivity index (χ2v) is 6.78. The first kappa shape index (κ1) is 16.0. The van der Waals surface area contributed by atoms with Crippen molar-refractivity contribution in [3.05, 3.63) is 55.9 Å². The van der Waals surface area contributed by atoms with Gasteiger partial charge in [-0.3, -0.25) is 4.79 Å². The monoisotopic (exact) mass is 369 g/mol. The summed E-state index contributed by atoms with van der Waals surface area (Å²) in [4.78, 5) is 11.8. The molecule has 1 aromatic carbocycles. The summed E-state index contributed by atoms with van der Waals surface area (Å²) in [5.41, 5.74) is 1.52. The zero-order valence-corrected chi connectivity index (χ0v) is 14.5. The molecule has 4 nitrogen and oxygen atoms in total. The van der Waals surface area contributed by atoms with Crippen LogP contribution >= 0.6 is 27.5 Å². The van der Waals surface area contributed by atoms with Crippen LogP contribution in [0, 0.1) is 0 Å². The van der Waals surface area contributed by atoms with Gasteiger partial charge >= 0.3 is 0 Å². The number of hydrogen-bond donors (Lipinski definition) is 1. The predicted octanol–water partition coefficient (Wildman–Crippen LogP) is 3.59. The van der Waals surface area contributed by atoms with E-state index in [9.17, 15) is 4.79 Å². The van der Waals surface area contributed by atoms with Crippen LogP contribution in [0.25, 0.3) is 0 Å². The Morgan fingerprint density at radius 3 is 2.81 bits per heavy atom. The van der Waals surface area contributed by atoms with Crippen LogP contribution in [-0.2, 0) is 12.5 Å². The fraction of sp³-hybridized carbons (Fsp3) is 0.333. The SMILES string of the molecule is Cn1ncc(NCC(C)(C)c2cccc(Cl)c2)c(Br)c1=O. The number of anilines is 1. The number of aromatic nitrogens is 2. The number of nitrogens with one attached hydrogen (secondary N) is 1. The molecule has 0 saturated carbocycles. The molecule has 1 N–H and O–H groups in total. The van der Waals surface area contributed by atoms with Gasteiger partial charge in [-0.1, -0.05) is 37.6 Å². The van der Waals surface area contributed by atoms with Crippen LogP contribution in [0.1, 0.15) is 19.4 Å². The molecule has 0 amide bonds. The molecule has 0 bridgehead atoms. The summed E-state index contributed by atoms with van der Waals surface area (Å²) in [6.07, 6.45) is 1.64. The summed E-state index contributed by atoms with van der Waals surface area (Å²) >= 11 is 9.36. The highest BCUT2D eigenvalue weighted by atomic mass is 79.9. The summed E-state index contributed by atoms with van der Waals surface area (Å²) in [7, 11) is 1.62. The fourth-order valence-electron chi connectivity index (χ4n) is 1.96. The van der Waals surface area contributed by atoms with Gasteiger partial charge in [0.1, 0.15) is 4.47 Å². The molecule has 0 saturated heterocycles. The highest BCUT2D eigenvalue weighted by Crippen LogP contribution is 2.27. The quantitative estimate of drug-likeness (QED) is 0.895. The van der Waals surface area contributed by atoms with Crippen LogP contribution in [0.5, 0.6) is 0 Å². The van der Waals surface area contributed by atoms with Crippen LogP contribution in [0.4, 0.5) is 5.69 Å². The maximum absolute atomic E-state index is 11.8. The van der Waals surface area contributed by atoms with Crippen LogP contribution in [-0.4, -0.2) is 16.3 Å². The van der Waals surface area contributed by atoms with Crippen LogP contribution in [0.3, 0.4) is 0 Å². The lowest BCUT2D eigenvalue weighted by atomic mass is 9.84. The van der Waals surface area contributed by atoms with Gasteiger partial charge in [0.25, 0.3) is 5.56 Å². The summed E-state index contributed by atoms with van der Waals surface area (Å²) in [6.45, 7) is 4.89. The molecule has 1 heterocycles. The minimum Gasteiger partial charge on any atom is -0.382 e. The topological polar surface area (TPSA) is 46.9 Å². The number of halogens is 2. The highest BCUT2D eigenvalue weighted by Gasteiger charge is 2.21. The van der Waals surface area contributed by atoms with Crippen LogP contribution in [0.15, 0.2) is 39.7 Å². The third-order valence-corrected chi connectivity index (χ3v) is 4.41. The summed E-state index contributed by atoms with van der Waals surface area (Å²) < 4.78 is 1.78. The lowest BCUT2D eigenvalue weighted by molar-refractivity contribution is 0.556. The molecule has 2 rings (SSSR count). The van der Waals surface area contributed by atoms with Crippen molar-refractivity contribution >= 4 is 33.2 Å². The van der Waals surface area contributed by atoms with E-state index < -0.39 is 0 Å². The van der Waals surface area contributed by atoms with Gasteiger partial charge < -0.3 is 5.32 Å². The standard InChI is InChI=1S/C15H17BrClN3O/c1-15(2,10-5-4-6-11(17)7-10)9-18-12-8-19-20(3)14(21)13(12)16/h4-8,18H,9H2,1-3H3. The average Bonchev–Trinajstić information content (AvgIpc) is 2.44. The fourth-order valence-corrected chi connectivity index (χ4v) is 2.65. The first-order valence-corrected chi connectivity index (χ1v) is 7.70. The Bertz CT molecular complexity index is 712. The summed E-state index contributed by atoms with van der Waals surface area (Å²) in [5, 5.41) is 8.01. The van der Waals surface area contributed by atoms with E-state index in [0.29, 0.717) is 16.7 Å². The molecule has 0 fully saturated rings. The van der Waals surface area contributed by atoms with E-state index in [4.69, 9.17) is 11.6 Å². The number of benzene rings is 1. The van der Waals surface area contributed by atoms with Crippen molar-refractivity contribution in [3.63, 3.8) is 0 Å². The molecule has 112 valence electrons. The number of nitrogens with zero attached hydrogens (tertiary/aromatic N) is 2. The van der Waals surface area contributed by atoms with Gasteiger partial charge in [0.05, 0.1) is 11.9 Å². The molecule has 0 aliphatic carbocycles. The zero-order chi connectivity index (χ0) is 15.6. The van der Waals surface area contributed by atoms with Crippen molar-refractivity contribution in [2.45, 2.75) is 19.3 Å². The van der Waals surface area contributed by atoms with E-state index in [1.54, 1.807) is 13.2 Å². The third kappa shape index (κ3) is 3.66. The smallest absolute Gasteiger partial charge is 0.282 e. The van der Waals surface area contributed by atoms with Gasteiger partial charge in [-0.25, -0.2) is 4.68 Å². The van der Waals surface area contributed by atoms with Crippen molar-refractivity contribution in [1.82, 2.24) is 9.78 Å². The van der Waals surface area contributed by atoms with Crippen LogP contribution < -0.4 is 10.9 Å². The largest absolute Gasteiger partial charge is 0.382 e. The maximum atomic E-state index is 11.8. The molecule has 0 spiro atoms. The first-order valence-electron chi connectivity index (χ1n) is 6.53. The number of rotatable bonds is 4. The van der Waals surface area contributed by atoms with E-state index in [2.05, 4.69) is 40.2 Å². The van der Waals surface area contributed by atoms with E-state index in [-0.39, 0.29) is 11.0 Å². The number of aryl methyl sites for hydroxylation is 1. The second-order valence-electron chi connectivity index (χ2n) is 5.55. The predicted molar refractivity (Wildman–Crippen MR) is 90.1 cm³/mol. The molecule has 0 radical (unpaired) electrons. The first-order chi connectivity index (χ1) is 9.81. The summed E-state index contributed by atoms with van der Waals surface area (Å²) in [5.74, 6) is 0. The Morgan fingerprint density at radius 2 is 2.14 bits per heavy atom. The van der Waals surface area contributed by atoms with Gasteiger partial charge in [-0.15, -0.1) is 0 Å². The lowest BCUT2D eigenvalue weighted by Gasteiger charge is -2.26. The zero-order valence-electron chi connectivity index (χ0n) is 12.2. The number of hydrogen-bond acceptors (Lipinski definition) is 3. The van der Waals surface area contributed by atoms with Crippen molar-refractivity contribution in [3.8, 4) is 0 Å². The maximum Gasteiger partial charge on any atom is 0.282 e. The van der Waals surface area contributed by atoms with E-state index in [0.717, 1.165) is 10.6 Å². The van der Waals surface area contributed by atoms with Gasteiger partial charge in [0.15, 0.2) is 0 Å². The Balaban J connectivity index is 2.19. The Hall–Kier alpha value is -1.33. The van der Waals surface area contributed by atoms with Crippen molar-refractivity contribution in [1.29, 1.82) is 0 Å². The Labute approximate surface area is 137 Å². The molecule has 0 atom stereocenters. The average molecular weight is 371 g/mol. The minimum absolute atomic E-state index is 0.134. The molecule has 21 heavy (non-hydrogen) atoms. The molecular weight excluding hydrogens is 354 g/mol. The van der Waals surface area contributed by atoms with Crippen molar-refractivity contribution in [2.75, 3.05) is 11.9 Å². The molecular formula is C15H17BrClN3O. The van der Waals surface area contributed by atoms with Crippen LogP contribution in [0.2, 0.25) is 5.02 Å². The van der Waals surface area contributed by atoms with Crippen molar-refractivity contribution in [2.24, 2.45) is 7.05 Å². The Morgan fingerprint density at radius 1 is 1.43 bits per heavy atom. The normalized spacial score (nSPS) is 11.5. The lowest BCUT2D eigenvalue weighted by Crippen LogP contribution is -2.29. The minimum atomic E-state index is -0.166. The summed E-state index contributed by atoms with van der Waals surface area (Å²) in [6, 6.07) is 7.80. The Kier molecular flexibility index (Phi) is 4.74. The van der Waals surface area contributed by atoms with E-state index in [1.165, 1.54) is 4.68 Å². The van der Waals surface area contributed by atoms with Gasteiger partial charge in [0.2, 0.25) is 0 Å². The van der Waals surface area contributed by atoms with E-state index in [1.807, 2.05) is 24.3 Å². The molecule has 0 unspecified atom stereocenters. The molecule has 0 aliphatic heterocycles. The van der Waals surface area contributed by atoms with Gasteiger partial charge in [-0.2, -0.15) is 5.10 Å². The highest BCUT2D eigenvalue weighted by molar-refractivity contribution is 9.10. The van der Waals surface area contributed by atoms with E-state index >= 15 is 0 Å². The van der Waals surface area contributed by atoms with Gasteiger partial charge in [0, 0.05) is 24.0 Å².